The zero-order valence-corrected chi connectivity index (χ0v) is 17.1. The van der Waals surface area contributed by atoms with E-state index in [0.717, 1.165) is 62.8 Å². The average molecular weight is 403 g/mol. The minimum Gasteiger partial charge on any atom is -0.367 e. The van der Waals surface area contributed by atoms with Crippen molar-refractivity contribution in [2.75, 3.05) is 44.2 Å². The maximum absolute atomic E-state index is 14.0. The lowest BCUT2D eigenvalue weighted by Crippen LogP contribution is -2.56. The van der Waals surface area contributed by atoms with E-state index in [4.69, 9.17) is 0 Å². The number of piperidine rings is 1. The van der Waals surface area contributed by atoms with E-state index in [1.165, 1.54) is 6.07 Å². The molecule has 150 valence electrons. The van der Waals surface area contributed by atoms with E-state index in [0.29, 0.717) is 18.2 Å². The first-order chi connectivity index (χ1) is 13.6. The number of carbonyl (C=O) groups excluding carboxylic acids is 1. The average Bonchev–Trinajstić information content (AvgIpc) is 3.13. The van der Waals surface area contributed by atoms with Gasteiger partial charge in [0.1, 0.15) is 5.82 Å². The van der Waals surface area contributed by atoms with Gasteiger partial charge in [0, 0.05) is 50.7 Å². The second kappa shape index (κ2) is 8.57. The number of nitrogens with zero attached hydrogens (tertiary/aromatic N) is 4. The van der Waals surface area contributed by atoms with Crippen LogP contribution in [0, 0.1) is 12.7 Å². The highest BCUT2D eigenvalue weighted by Gasteiger charge is 2.30. The van der Waals surface area contributed by atoms with E-state index in [-0.39, 0.29) is 11.7 Å². The largest absolute Gasteiger partial charge is 0.367 e. The quantitative estimate of drug-likeness (QED) is 0.788. The third kappa shape index (κ3) is 4.36. The van der Waals surface area contributed by atoms with Gasteiger partial charge in [0.15, 0.2) is 0 Å². The molecule has 0 unspecified atom stereocenters. The molecule has 28 heavy (non-hydrogen) atoms. The van der Waals surface area contributed by atoms with Crippen molar-refractivity contribution in [3.63, 3.8) is 0 Å². The fourth-order valence-corrected chi connectivity index (χ4v) is 4.88. The summed E-state index contributed by atoms with van der Waals surface area (Å²) >= 11 is 1.59. The summed E-state index contributed by atoms with van der Waals surface area (Å²) in [5.74, 6) is 0.0302. The highest BCUT2D eigenvalue weighted by atomic mass is 32.1. The van der Waals surface area contributed by atoms with E-state index in [1.54, 1.807) is 17.4 Å². The zero-order chi connectivity index (χ0) is 19.5. The first-order valence-electron chi connectivity index (χ1n) is 10.0. The lowest BCUT2D eigenvalue weighted by atomic mass is 10.0. The molecule has 5 nitrogen and oxygen atoms in total. The van der Waals surface area contributed by atoms with Crippen LogP contribution in [-0.4, -0.2) is 66.0 Å². The van der Waals surface area contributed by atoms with Crippen LogP contribution >= 0.6 is 11.3 Å². The van der Waals surface area contributed by atoms with Gasteiger partial charge in [0.2, 0.25) is 5.91 Å². The van der Waals surface area contributed by atoms with Crippen molar-refractivity contribution >= 4 is 22.9 Å². The number of thiazole rings is 1. The van der Waals surface area contributed by atoms with Crippen molar-refractivity contribution in [1.29, 1.82) is 0 Å². The second-order valence-corrected chi connectivity index (χ2v) is 8.71. The first-order valence-corrected chi connectivity index (χ1v) is 10.9. The van der Waals surface area contributed by atoms with Crippen LogP contribution in [0.15, 0.2) is 29.6 Å². The topological polar surface area (TPSA) is 39.7 Å². The molecule has 0 N–H and O–H groups in total. The molecule has 2 aromatic rings. The molecule has 4 rings (SSSR count). The van der Waals surface area contributed by atoms with Crippen LogP contribution in [0.1, 0.15) is 23.5 Å². The predicted octanol–water partition coefficient (Wildman–Crippen LogP) is 2.95. The van der Waals surface area contributed by atoms with Crippen molar-refractivity contribution in [2.45, 2.75) is 32.2 Å². The van der Waals surface area contributed by atoms with Crippen molar-refractivity contribution in [3.05, 3.63) is 46.2 Å². The normalized spacial score (nSPS) is 21.1. The Bertz CT molecular complexity index is 818. The molecule has 2 aliphatic heterocycles. The van der Waals surface area contributed by atoms with Gasteiger partial charge in [-0.05, 0) is 31.9 Å². The number of hydrogen-bond donors (Lipinski definition) is 0. The zero-order valence-electron chi connectivity index (χ0n) is 16.3. The minimum absolute atomic E-state index is 0.150. The van der Waals surface area contributed by atoms with Crippen LogP contribution < -0.4 is 4.90 Å². The van der Waals surface area contributed by atoms with Gasteiger partial charge < -0.3 is 9.80 Å². The Balaban J connectivity index is 1.31. The Kier molecular flexibility index (Phi) is 5.92. The summed E-state index contributed by atoms with van der Waals surface area (Å²) in [5.41, 5.74) is 1.58. The third-order valence-corrected chi connectivity index (χ3v) is 6.59. The van der Waals surface area contributed by atoms with Gasteiger partial charge in [-0.3, -0.25) is 9.69 Å². The number of para-hydroxylation sites is 1. The lowest BCUT2D eigenvalue weighted by molar-refractivity contribution is -0.132. The molecule has 1 aromatic heterocycles. The summed E-state index contributed by atoms with van der Waals surface area (Å²) in [6.07, 6.45) is 2.57. The predicted molar refractivity (Wildman–Crippen MR) is 110 cm³/mol. The SMILES string of the molecule is Cc1nc(CC(=O)N2CCC[C@H](N3CCN(c4ccccc4F)CC3)C2)cs1. The molecule has 1 aromatic carbocycles. The highest BCUT2D eigenvalue weighted by Crippen LogP contribution is 2.23. The number of likely N-dealkylation sites (tertiary alicyclic amines) is 1. The van der Waals surface area contributed by atoms with Gasteiger partial charge in [-0.2, -0.15) is 0 Å². The van der Waals surface area contributed by atoms with Gasteiger partial charge >= 0.3 is 0 Å². The van der Waals surface area contributed by atoms with E-state index in [2.05, 4.69) is 14.8 Å². The number of aryl methyl sites for hydroxylation is 1. The Hall–Kier alpha value is -1.99. The Morgan fingerprint density at radius 3 is 2.71 bits per heavy atom. The molecule has 0 radical (unpaired) electrons. The lowest BCUT2D eigenvalue weighted by Gasteiger charge is -2.44. The fraction of sp³-hybridized carbons (Fsp3) is 0.524. The number of anilines is 1. The number of aromatic nitrogens is 1. The molecule has 2 aliphatic rings. The molecule has 2 saturated heterocycles. The van der Waals surface area contributed by atoms with Crippen molar-refractivity contribution in [3.8, 4) is 0 Å². The Morgan fingerprint density at radius 1 is 1.21 bits per heavy atom. The van der Waals surface area contributed by atoms with E-state index >= 15 is 0 Å². The van der Waals surface area contributed by atoms with Gasteiger partial charge in [-0.1, -0.05) is 12.1 Å². The van der Waals surface area contributed by atoms with Crippen molar-refractivity contribution < 1.29 is 9.18 Å². The number of benzene rings is 1. The monoisotopic (exact) mass is 402 g/mol. The summed E-state index contributed by atoms with van der Waals surface area (Å²) in [4.78, 5) is 23.7. The summed E-state index contributed by atoms with van der Waals surface area (Å²) < 4.78 is 14.0. The molecule has 2 fully saturated rings. The van der Waals surface area contributed by atoms with Crippen LogP contribution in [0.5, 0.6) is 0 Å². The molecule has 1 atom stereocenters. The summed E-state index contributed by atoms with van der Waals surface area (Å²) in [5, 5.41) is 2.99. The van der Waals surface area contributed by atoms with Crippen LogP contribution in [0.4, 0.5) is 10.1 Å². The second-order valence-electron chi connectivity index (χ2n) is 7.64. The van der Waals surface area contributed by atoms with Gasteiger partial charge in [-0.25, -0.2) is 9.37 Å². The number of piperazine rings is 1. The number of hydrogen-bond acceptors (Lipinski definition) is 5. The van der Waals surface area contributed by atoms with Crippen molar-refractivity contribution in [1.82, 2.24) is 14.8 Å². The smallest absolute Gasteiger partial charge is 0.228 e. The van der Waals surface area contributed by atoms with Gasteiger partial charge in [0.25, 0.3) is 0 Å². The summed E-state index contributed by atoms with van der Waals surface area (Å²) in [6, 6.07) is 7.40. The maximum Gasteiger partial charge on any atom is 0.228 e. The van der Waals surface area contributed by atoms with E-state index in [9.17, 15) is 9.18 Å². The number of carbonyl (C=O) groups is 1. The summed E-state index contributed by atoms with van der Waals surface area (Å²) in [6.45, 7) is 7.07. The third-order valence-electron chi connectivity index (χ3n) is 5.77. The molecule has 1 amide bonds. The van der Waals surface area contributed by atoms with E-state index in [1.807, 2.05) is 29.3 Å². The van der Waals surface area contributed by atoms with Crippen LogP contribution in [0.3, 0.4) is 0 Å². The van der Waals surface area contributed by atoms with Crippen LogP contribution in [-0.2, 0) is 11.2 Å². The van der Waals surface area contributed by atoms with E-state index < -0.39 is 0 Å². The Labute approximate surface area is 169 Å². The number of halogens is 1. The fourth-order valence-electron chi connectivity index (χ4n) is 4.27. The molecule has 3 heterocycles. The molecule has 0 aliphatic carbocycles. The van der Waals surface area contributed by atoms with Crippen LogP contribution in [0.2, 0.25) is 0 Å². The molecule has 0 saturated carbocycles. The van der Waals surface area contributed by atoms with Crippen molar-refractivity contribution in [2.24, 2.45) is 0 Å². The molecule has 7 heteroatoms. The maximum atomic E-state index is 14.0. The number of rotatable bonds is 4. The van der Waals surface area contributed by atoms with Gasteiger partial charge in [-0.15, -0.1) is 11.3 Å². The summed E-state index contributed by atoms with van der Waals surface area (Å²) in [7, 11) is 0. The standard InChI is InChI=1S/C21H27FN4OS/c1-16-23-17(15-28-16)13-21(27)26-8-4-5-18(14-26)24-9-11-25(12-10-24)20-7-3-2-6-19(20)22/h2-3,6-7,15,18H,4-5,8-14H2,1H3/t18-/m0/s1. The molecule has 0 spiro atoms. The Morgan fingerprint density at radius 2 is 2.00 bits per heavy atom. The highest BCUT2D eigenvalue weighted by molar-refractivity contribution is 7.09. The minimum atomic E-state index is -0.150. The first kappa shape index (κ1) is 19.3. The molecule has 0 bridgehead atoms. The van der Waals surface area contributed by atoms with Crippen LogP contribution in [0.25, 0.3) is 0 Å². The molecular formula is C21H27FN4OS. The van der Waals surface area contributed by atoms with Gasteiger partial charge in [0.05, 0.1) is 22.8 Å². The number of amides is 1. The molecular weight excluding hydrogens is 375 g/mol.